The summed E-state index contributed by atoms with van der Waals surface area (Å²) >= 11 is 0. The Morgan fingerprint density at radius 2 is 1.94 bits per heavy atom. The topological polar surface area (TPSA) is 14.1 Å². The fraction of sp³-hybridized carbons (Fsp3) is 0.375. The largest absolute Gasteiger partial charge is 3.00 e. The van der Waals surface area contributed by atoms with Crippen molar-refractivity contribution in [2.75, 3.05) is 6.54 Å². The number of benzene rings is 1. The Morgan fingerprint density at radius 1 is 1.28 bits per heavy atom. The molecule has 0 amide bonds. The summed E-state index contributed by atoms with van der Waals surface area (Å²) in [5, 5.41) is 3.91. The Kier molecular flexibility index (Phi) is 6.89. The van der Waals surface area contributed by atoms with E-state index in [0.717, 1.165) is 12.1 Å². The molecule has 0 unspecified atom stereocenters. The van der Waals surface area contributed by atoms with E-state index < -0.39 is 6.37 Å². The molecular formula is C16H21IrN+. The monoisotopic (exact) mass is 422 g/mol. The van der Waals surface area contributed by atoms with E-state index >= 15 is 0 Å². The molecule has 0 atom stereocenters. The Balaban J connectivity index is 0.000000434. The van der Waals surface area contributed by atoms with Crippen molar-refractivity contribution >= 4 is 0 Å². The fourth-order valence-corrected chi connectivity index (χ4v) is 1.27. The molecule has 2 rings (SSSR count). The molecule has 0 saturated heterocycles. The summed E-state index contributed by atoms with van der Waals surface area (Å²) < 4.78 is 15.9. The predicted octanol–water partition coefficient (Wildman–Crippen LogP) is 4.52. The molecule has 0 spiro atoms. The van der Waals surface area contributed by atoms with E-state index in [1.165, 1.54) is 0 Å². The first-order valence-electron chi connectivity index (χ1n) is 6.80. The molecule has 0 aromatic heterocycles. The summed E-state index contributed by atoms with van der Waals surface area (Å²) in [7, 11) is 0. The second-order valence-corrected chi connectivity index (χ2v) is 4.80. The molecule has 18 heavy (non-hydrogen) atoms. The van der Waals surface area contributed by atoms with Crippen LogP contribution in [-0.4, -0.2) is 6.54 Å². The number of allylic oxidation sites excluding steroid dienone is 2. The molecule has 0 fully saturated rings. The maximum absolute atomic E-state index is 7.97. The van der Waals surface area contributed by atoms with Gasteiger partial charge in [-0.05, 0) is 11.8 Å². The molecule has 0 radical (unpaired) electrons. The minimum Gasteiger partial charge on any atom is -0.687 e. The quantitative estimate of drug-likeness (QED) is 0.592. The van der Waals surface area contributed by atoms with Crippen LogP contribution in [0.25, 0.3) is 5.32 Å². The van der Waals surface area contributed by atoms with Crippen LogP contribution in [0.15, 0.2) is 48.7 Å². The van der Waals surface area contributed by atoms with Crippen molar-refractivity contribution in [2.24, 2.45) is 5.41 Å². The predicted molar refractivity (Wildman–Crippen MR) is 74.9 cm³/mol. The summed E-state index contributed by atoms with van der Waals surface area (Å²) in [4.78, 5) is 0. The maximum atomic E-state index is 7.97. The molecule has 0 saturated carbocycles. The Labute approximate surface area is 128 Å². The van der Waals surface area contributed by atoms with Crippen LogP contribution in [0.4, 0.5) is 0 Å². The number of hydrogen-bond donors (Lipinski definition) is 0. The van der Waals surface area contributed by atoms with Crippen molar-refractivity contribution in [3.05, 3.63) is 65.6 Å². The molecule has 1 heterocycles. The van der Waals surface area contributed by atoms with Crippen LogP contribution in [0.5, 0.6) is 0 Å². The van der Waals surface area contributed by atoms with Crippen LogP contribution >= 0.6 is 0 Å². The van der Waals surface area contributed by atoms with E-state index in [0.29, 0.717) is 0 Å². The van der Waals surface area contributed by atoms with Crippen molar-refractivity contribution in [1.29, 1.82) is 0 Å². The molecule has 1 aliphatic heterocycles. The van der Waals surface area contributed by atoms with Crippen molar-refractivity contribution in [1.82, 2.24) is 0 Å². The van der Waals surface area contributed by atoms with Crippen LogP contribution < -0.4 is 0 Å². The van der Waals surface area contributed by atoms with Gasteiger partial charge in [-0.15, -0.1) is 12.6 Å². The van der Waals surface area contributed by atoms with Gasteiger partial charge in [0, 0.05) is 2.74 Å². The third-order valence-corrected chi connectivity index (χ3v) is 1.89. The van der Waals surface area contributed by atoms with E-state index in [9.17, 15) is 0 Å². The summed E-state index contributed by atoms with van der Waals surface area (Å²) in [6.45, 7) is 6.58. The first kappa shape index (κ1) is 13.6. The fourth-order valence-electron chi connectivity index (χ4n) is 1.27. The summed E-state index contributed by atoms with van der Waals surface area (Å²) in [6.07, 6.45) is 6.44. The van der Waals surface area contributed by atoms with E-state index in [-0.39, 0.29) is 25.5 Å². The first-order valence-corrected chi connectivity index (χ1v) is 5.80. The SMILES string of the molecule is C1=CC[N-]C=C1.[2H]C([2H])(c1cc[c-]cc1)C(C)(C)C.[Ir+3]. The molecular weight excluding hydrogens is 398 g/mol. The zero-order valence-corrected chi connectivity index (χ0v) is 13.5. The normalized spacial score (nSPS) is 15.3. The van der Waals surface area contributed by atoms with Gasteiger partial charge in [-0.1, -0.05) is 32.9 Å². The number of nitrogens with zero attached hydrogens (tertiary/aromatic N) is 1. The van der Waals surface area contributed by atoms with E-state index in [2.05, 4.69) is 11.4 Å². The summed E-state index contributed by atoms with van der Waals surface area (Å²) in [5.41, 5.74) is 0.340. The first-order chi connectivity index (χ1) is 8.86. The Hall–Kier alpha value is -0.851. The van der Waals surface area contributed by atoms with Crippen LogP contribution in [-0.2, 0) is 26.5 Å². The molecule has 1 aromatic carbocycles. The molecule has 1 aliphatic rings. The van der Waals surface area contributed by atoms with Crippen LogP contribution in [0.1, 0.15) is 29.1 Å². The van der Waals surface area contributed by atoms with E-state index in [1.54, 1.807) is 30.5 Å². The Morgan fingerprint density at radius 3 is 2.28 bits per heavy atom. The smallest absolute Gasteiger partial charge is 0.687 e. The van der Waals surface area contributed by atoms with Gasteiger partial charge in [0.2, 0.25) is 0 Å². The Bertz CT molecular complexity index is 422. The average Bonchev–Trinajstić information content (AvgIpc) is 2.41. The zero-order chi connectivity index (χ0) is 14.4. The van der Waals surface area contributed by atoms with Crippen molar-refractivity contribution in [3.63, 3.8) is 0 Å². The molecule has 1 aromatic rings. The van der Waals surface area contributed by atoms with E-state index in [4.69, 9.17) is 2.74 Å². The number of hydrogen-bond acceptors (Lipinski definition) is 0. The molecule has 98 valence electrons. The molecule has 0 N–H and O–H groups in total. The van der Waals surface area contributed by atoms with Crippen molar-refractivity contribution in [3.8, 4) is 0 Å². The molecule has 0 bridgehead atoms. The van der Waals surface area contributed by atoms with Crippen molar-refractivity contribution in [2.45, 2.75) is 27.1 Å². The van der Waals surface area contributed by atoms with Gasteiger partial charge in [0.05, 0.1) is 0 Å². The van der Waals surface area contributed by atoms with Gasteiger partial charge in [-0.2, -0.15) is 42.1 Å². The zero-order valence-electron chi connectivity index (χ0n) is 13.1. The minimum absolute atomic E-state index is 0. The summed E-state index contributed by atoms with van der Waals surface area (Å²) in [6, 6.07) is 9.95. The third-order valence-electron chi connectivity index (χ3n) is 1.89. The molecule has 2 heteroatoms. The van der Waals surface area contributed by atoms with Crippen molar-refractivity contribution < 1.29 is 22.8 Å². The van der Waals surface area contributed by atoms with Gasteiger partial charge >= 0.3 is 20.1 Å². The number of rotatable bonds is 1. The van der Waals surface area contributed by atoms with Crippen LogP contribution in [0.3, 0.4) is 0 Å². The average molecular weight is 422 g/mol. The minimum atomic E-state index is -1.29. The maximum Gasteiger partial charge on any atom is 3.00 e. The van der Waals surface area contributed by atoms with Gasteiger partial charge < -0.3 is 5.32 Å². The van der Waals surface area contributed by atoms with Gasteiger partial charge in [0.1, 0.15) is 0 Å². The van der Waals surface area contributed by atoms with Crippen LogP contribution in [0, 0.1) is 11.5 Å². The van der Waals surface area contributed by atoms with E-state index in [1.807, 2.05) is 39.0 Å². The molecule has 1 nitrogen and oxygen atoms in total. The van der Waals surface area contributed by atoms with Gasteiger partial charge in [0.25, 0.3) is 0 Å². The standard InChI is InChI=1S/C11H15.C5H6N.Ir/c1-11(2,3)9-10-7-5-4-6-8-10;1-2-4-6-5-3-1;/h5-8H,9H2,1-3H3;1-4H,5H2;/q2*-1;+3/i9D2;;. The van der Waals surface area contributed by atoms with Crippen LogP contribution in [0.2, 0.25) is 0 Å². The van der Waals surface area contributed by atoms with Gasteiger partial charge in [-0.25, -0.2) is 0 Å². The van der Waals surface area contributed by atoms with Gasteiger partial charge in [0.15, 0.2) is 0 Å². The third kappa shape index (κ3) is 9.21. The summed E-state index contributed by atoms with van der Waals surface area (Å²) in [5.74, 6) is 0. The second kappa shape index (κ2) is 9.13. The molecule has 0 aliphatic carbocycles. The van der Waals surface area contributed by atoms with Gasteiger partial charge in [-0.3, -0.25) is 0 Å². The second-order valence-electron chi connectivity index (χ2n) is 4.80.